The van der Waals surface area contributed by atoms with Gasteiger partial charge in [-0.1, -0.05) is 24.3 Å². The van der Waals surface area contributed by atoms with Crippen LogP contribution in [0.1, 0.15) is 24.0 Å². The molecule has 1 aliphatic carbocycles. The number of carbonyl (C=O) groups excluding carboxylic acids is 2. The smallest absolute Gasteiger partial charge is 0.326 e. The Balaban J connectivity index is 2.01. The number of hydrogen-bond donors (Lipinski definition) is 3. The minimum atomic E-state index is -1.26. The first kappa shape index (κ1) is 15.0. The average Bonchev–Trinajstić information content (AvgIpc) is 2.45. The third-order valence-corrected chi connectivity index (χ3v) is 3.74. The highest BCUT2D eigenvalue weighted by molar-refractivity contribution is 5.89. The number of nitrogens with one attached hydrogen (secondary N) is 1. The molecule has 112 valence electrons. The number of aryl methyl sites for hydroxylation is 1. The van der Waals surface area contributed by atoms with Crippen LogP contribution in [-0.2, 0) is 27.2 Å². The first-order valence-corrected chi connectivity index (χ1v) is 6.85. The van der Waals surface area contributed by atoms with Gasteiger partial charge in [0.25, 0.3) is 0 Å². The molecule has 0 saturated heterocycles. The second kappa shape index (κ2) is 6.39. The number of hydrogen-bond acceptors (Lipinski definition) is 3. The Kier molecular flexibility index (Phi) is 4.57. The van der Waals surface area contributed by atoms with Gasteiger partial charge >= 0.3 is 5.97 Å². The van der Waals surface area contributed by atoms with Crippen LogP contribution < -0.4 is 11.1 Å². The molecule has 2 amide bonds. The van der Waals surface area contributed by atoms with Gasteiger partial charge in [0.1, 0.15) is 6.04 Å². The Morgan fingerprint density at radius 2 is 1.95 bits per heavy atom. The third-order valence-electron chi connectivity index (χ3n) is 3.74. The molecule has 1 unspecified atom stereocenters. The lowest BCUT2D eigenvalue weighted by Crippen LogP contribution is -2.46. The highest BCUT2D eigenvalue weighted by atomic mass is 16.4. The molecular weight excluding hydrogens is 272 g/mol. The first-order chi connectivity index (χ1) is 9.97. The van der Waals surface area contributed by atoms with Crippen LogP contribution in [-0.4, -0.2) is 28.9 Å². The maximum Gasteiger partial charge on any atom is 0.326 e. The van der Waals surface area contributed by atoms with Crippen molar-refractivity contribution in [1.29, 1.82) is 0 Å². The van der Waals surface area contributed by atoms with Crippen molar-refractivity contribution in [3.63, 3.8) is 0 Å². The van der Waals surface area contributed by atoms with Crippen LogP contribution in [0.3, 0.4) is 0 Å². The molecule has 4 N–H and O–H groups in total. The second-order valence-electron chi connectivity index (χ2n) is 5.28. The van der Waals surface area contributed by atoms with Crippen LogP contribution in [0.4, 0.5) is 0 Å². The number of rotatable bonds is 5. The molecule has 0 heterocycles. The number of carboxylic acids is 1. The van der Waals surface area contributed by atoms with Crippen molar-refractivity contribution in [2.75, 3.05) is 0 Å². The fourth-order valence-corrected chi connectivity index (χ4v) is 2.61. The maximum absolute atomic E-state index is 12.2. The summed E-state index contributed by atoms with van der Waals surface area (Å²) < 4.78 is 0. The summed E-state index contributed by atoms with van der Waals surface area (Å²) >= 11 is 0. The molecule has 0 saturated carbocycles. The standard InChI is InChI=1S/C15H18N2O4/c16-13(18)8-12(15(20)21)17-14(19)11-6-5-9-3-1-2-4-10(9)7-11/h1-4,11-12H,5-8H2,(H2,16,18)(H,17,19)(H,20,21)/t11?,12-/m1/s1. The van der Waals surface area contributed by atoms with Crippen molar-refractivity contribution >= 4 is 17.8 Å². The molecule has 1 aliphatic rings. The predicted octanol–water partition coefficient (Wildman–Crippen LogP) is 0.236. The molecular formula is C15H18N2O4. The summed E-state index contributed by atoms with van der Waals surface area (Å²) in [6.45, 7) is 0. The van der Waals surface area contributed by atoms with E-state index in [0.29, 0.717) is 12.8 Å². The summed E-state index contributed by atoms with van der Waals surface area (Å²) in [6.07, 6.45) is 1.66. The van der Waals surface area contributed by atoms with E-state index in [9.17, 15) is 14.4 Å². The van der Waals surface area contributed by atoms with Crippen LogP contribution in [0, 0.1) is 5.92 Å². The molecule has 2 atom stereocenters. The van der Waals surface area contributed by atoms with Crippen molar-refractivity contribution in [3.8, 4) is 0 Å². The highest BCUT2D eigenvalue weighted by Gasteiger charge is 2.29. The molecule has 0 spiro atoms. The summed E-state index contributed by atoms with van der Waals surface area (Å²) in [5.41, 5.74) is 7.34. The van der Waals surface area contributed by atoms with E-state index in [1.54, 1.807) is 0 Å². The largest absolute Gasteiger partial charge is 0.480 e. The van der Waals surface area contributed by atoms with Crippen LogP contribution >= 0.6 is 0 Å². The van der Waals surface area contributed by atoms with Crippen molar-refractivity contribution < 1.29 is 19.5 Å². The zero-order valence-corrected chi connectivity index (χ0v) is 11.5. The summed E-state index contributed by atoms with van der Waals surface area (Å²) in [5, 5.41) is 11.4. The van der Waals surface area contributed by atoms with Gasteiger partial charge in [0.2, 0.25) is 11.8 Å². The number of fused-ring (bicyclic) bond motifs is 1. The van der Waals surface area contributed by atoms with E-state index in [2.05, 4.69) is 5.32 Å². The number of primary amides is 1. The summed E-state index contributed by atoms with van der Waals surface area (Å²) in [4.78, 5) is 34.0. The zero-order valence-electron chi connectivity index (χ0n) is 11.5. The van der Waals surface area contributed by atoms with Crippen molar-refractivity contribution in [2.45, 2.75) is 31.7 Å². The van der Waals surface area contributed by atoms with Gasteiger partial charge in [-0.2, -0.15) is 0 Å². The molecule has 1 aromatic rings. The molecule has 0 bridgehead atoms. The number of nitrogens with two attached hydrogens (primary N) is 1. The van der Waals surface area contributed by atoms with Gasteiger partial charge in [0.05, 0.1) is 6.42 Å². The lowest BCUT2D eigenvalue weighted by molar-refractivity contribution is -0.144. The van der Waals surface area contributed by atoms with Crippen LogP contribution in [0.5, 0.6) is 0 Å². The van der Waals surface area contributed by atoms with E-state index in [1.165, 1.54) is 5.56 Å². The minimum Gasteiger partial charge on any atom is -0.480 e. The Bertz CT molecular complexity index is 571. The van der Waals surface area contributed by atoms with Gasteiger partial charge in [-0.25, -0.2) is 4.79 Å². The SMILES string of the molecule is NC(=O)C[C@@H](NC(=O)C1CCc2ccccc2C1)C(=O)O. The number of carbonyl (C=O) groups is 3. The quantitative estimate of drug-likeness (QED) is 0.721. The van der Waals surface area contributed by atoms with Crippen LogP contribution in [0.2, 0.25) is 0 Å². The Morgan fingerprint density at radius 3 is 2.57 bits per heavy atom. The third kappa shape index (κ3) is 3.81. The number of benzene rings is 1. The predicted molar refractivity (Wildman–Crippen MR) is 75.3 cm³/mol. The van der Waals surface area contributed by atoms with E-state index >= 15 is 0 Å². The topological polar surface area (TPSA) is 109 Å². The molecule has 0 fully saturated rings. The lowest BCUT2D eigenvalue weighted by Gasteiger charge is -2.25. The summed E-state index contributed by atoms with van der Waals surface area (Å²) in [6, 6.07) is 6.65. The minimum absolute atomic E-state index is 0.269. The van der Waals surface area contributed by atoms with E-state index in [1.807, 2.05) is 24.3 Å². The molecule has 6 nitrogen and oxygen atoms in total. The Morgan fingerprint density at radius 1 is 1.29 bits per heavy atom. The van der Waals surface area contributed by atoms with Gasteiger partial charge in [-0.05, 0) is 30.4 Å². The summed E-state index contributed by atoms with van der Waals surface area (Å²) in [7, 11) is 0. The molecule has 0 aliphatic heterocycles. The van der Waals surface area contributed by atoms with E-state index < -0.39 is 24.3 Å². The monoisotopic (exact) mass is 290 g/mol. The van der Waals surface area contributed by atoms with Gasteiger partial charge in [-0.15, -0.1) is 0 Å². The van der Waals surface area contributed by atoms with E-state index in [0.717, 1.165) is 12.0 Å². The molecule has 1 aromatic carbocycles. The number of carboxylic acid groups (broad SMARTS) is 1. The number of aliphatic carboxylic acids is 1. The normalized spacial score (nSPS) is 18.4. The van der Waals surface area contributed by atoms with E-state index in [-0.39, 0.29) is 11.8 Å². The number of amides is 2. The fraction of sp³-hybridized carbons (Fsp3) is 0.400. The molecule has 6 heteroatoms. The van der Waals surface area contributed by atoms with Crippen molar-refractivity contribution in [1.82, 2.24) is 5.32 Å². The first-order valence-electron chi connectivity index (χ1n) is 6.85. The van der Waals surface area contributed by atoms with Gasteiger partial charge in [-0.3, -0.25) is 9.59 Å². The Labute approximate surface area is 122 Å². The highest BCUT2D eigenvalue weighted by Crippen LogP contribution is 2.25. The second-order valence-corrected chi connectivity index (χ2v) is 5.28. The van der Waals surface area contributed by atoms with Crippen LogP contribution in [0.15, 0.2) is 24.3 Å². The van der Waals surface area contributed by atoms with Gasteiger partial charge < -0.3 is 16.2 Å². The van der Waals surface area contributed by atoms with Crippen molar-refractivity contribution in [2.24, 2.45) is 11.7 Å². The molecule has 2 rings (SSSR count). The van der Waals surface area contributed by atoms with Gasteiger partial charge in [0, 0.05) is 5.92 Å². The van der Waals surface area contributed by atoms with Crippen molar-refractivity contribution in [3.05, 3.63) is 35.4 Å². The maximum atomic E-state index is 12.2. The van der Waals surface area contributed by atoms with Gasteiger partial charge in [0.15, 0.2) is 0 Å². The molecule has 0 aromatic heterocycles. The Hall–Kier alpha value is -2.37. The fourth-order valence-electron chi connectivity index (χ4n) is 2.61. The summed E-state index contributed by atoms with van der Waals surface area (Å²) in [5.74, 6) is -2.61. The molecule has 0 radical (unpaired) electrons. The van der Waals surface area contributed by atoms with E-state index in [4.69, 9.17) is 10.8 Å². The van der Waals surface area contributed by atoms with Crippen LogP contribution in [0.25, 0.3) is 0 Å². The average molecular weight is 290 g/mol. The molecule has 21 heavy (non-hydrogen) atoms. The zero-order chi connectivity index (χ0) is 15.4. The lowest BCUT2D eigenvalue weighted by atomic mass is 9.83.